The van der Waals surface area contributed by atoms with E-state index in [-0.39, 0.29) is 23.6 Å². The van der Waals surface area contributed by atoms with Gasteiger partial charge in [0, 0.05) is 23.7 Å². The van der Waals surface area contributed by atoms with Crippen LogP contribution < -0.4 is 26.2 Å². The molecule has 228 valence electrons. The average molecular weight is 599 g/mol. The van der Waals surface area contributed by atoms with Gasteiger partial charge in [-0.3, -0.25) is 0 Å². The molecule has 4 aromatic rings. The van der Waals surface area contributed by atoms with Crippen molar-refractivity contribution >= 4 is 30.5 Å². The Morgan fingerprint density at radius 2 is 1.58 bits per heavy atom. The highest BCUT2D eigenvalue weighted by Crippen LogP contribution is 2.37. The number of nitrogens with one attached hydrogen (secondary N) is 1. The second-order valence-corrected chi connectivity index (χ2v) is 16.4. The summed E-state index contributed by atoms with van der Waals surface area (Å²) in [5.41, 5.74) is 9.69. The molecule has 0 radical (unpaired) electrons. The van der Waals surface area contributed by atoms with Crippen LogP contribution in [0.15, 0.2) is 78.9 Å². The first-order valence-electron chi connectivity index (χ1n) is 15.0. The Bertz CT molecular complexity index is 1440. The van der Waals surface area contributed by atoms with Crippen molar-refractivity contribution in [2.75, 3.05) is 24.8 Å². The average Bonchev–Trinajstić information content (AvgIpc) is 2.99. The standard InChI is InChI=1S/C35H46N4O3Si/c1-7-14-28(24-42-43(35(3,4)5,29-15-10-8-11-16-29)30-17-12-9-13-18-30)38-33-31(25(2)37-34(36)39-33)22-27-21-26(23-40)19-20-32(27)41-6/h8-13,15-21,28,40H,7,14,22-24H2,1-6H3,(H3,36,37,38,39). The zero-order valence-corrected chi connectivity index (χ0v) is 27.4. The fraction of sp³-hybridized carbons (Fsp3) is 0.371. The molecule has 7 nitrogen and oxygen atoms in total. The molecule has 4 N–H and O–H groups in total. The number of methoxy groups -OCH3 is 1. The molecule has 1 unspecified atom stereocenters. The first-order valence-corrected chi connectivity index (χ1v) is 16.9. The third-order valence-electron chi connectivity index (χ3n) is 8.02. The number of nitrogens with two attached hydrogens (primary N) is 1. The lowest BCUT2D eigenvalue weighted by molar-refractivity contribution is 0.273. The van der Waals surface area contributed by atoms with Crippen LogP contribution in [0.3, 0.4) is 0 Å². The number of aliphatic hydroxyl groups excluding tert-OH is 1. The minimum absolute atomic E-state index is 0.00947. The summed E-state index contributed by atoms with van der Waals surface area (Å²) in [6, 6.07) is 27.1. The maximum Gasteiger partial charge on any atom is 0.261 e. The van der Waals surface area contributed by atoms with Crippen molar-refractivity contribution in [3.05, 3.63) is 101 Å². The minimum Gasteiger partial charge on any atom is -0.496 e. The van der Waals surface area contributed by atoms with Crippen LogP contribution in [-0.2, 0) is 17.5 Å². The Morgan fingerprint density at radius 1 is 0.953 bits per heavy atom. The van der Waals surface area contributed by atoms with Gasteiger partial charge in [-0.15, -0.1) is 0 Å². The molecule has 3 aromatic carbocycles. The van der Waals surface area contributed by atoms with Gasteiger partial charge < -0.3 is 25.3 Å². The van der Waals surface area contributed by atoms with Crippen LogP contribution in [0.25, 0.3) is 0 Å². The van der Waals surface area contributed by atoms with Gasteiger partial charge in [-0.2, -0.15) is 4.98 Å². The van der Waals surface area contributed by atoms with Gasteiger partial charge in [0.05, 0.1) is 20.3 Å². The Morgan fingerprint density at radius 3 is 2.12 bits per heavy atom. The number of aliphatic hydroxyl groups is 1. The molecule has 0 aliphatic rings. The highest BCUT2D eigenvalue weighted by molar-refractivity contribution is 6.99. The number of hydrogen-bond acceptors (Lipinski definition) is 7. The van der Waals surface area contributed by atoms with Crippen molar-refractivity contribution in [2.24, 2.45) is 0 Å². The van der Waals surface area contributed by atoms with Crippen LogP contribution in [0.1, 0.15) is 62.9 Å². The van der Waals surface area contributed by atoms with Gasteiger partial charge in [0.15, 0.2) is 0 Å². The van der Waals surface area contributed by atoms with Crippen molar-refractivity contribution in [1.29, 1.82) is 0 Å². The minimum atomic E-state index is -2.72. The summed E-state index contributed by atoms with van der Waals surface area (Å²) in [5.74, 6) is 1.67. The van der Waals surface area contributed by atoms with Crippen molar-refractivity contribution in [3.8, 4) is 5.75 Å². The molecule has 0 saturated heterocycles. The van der Waals surface area contributed by atoms with E-state index in [0.717, 1.165) is 41.0 Å². The molecular weight excluding hydrogens is 552 g/mol. The first-order chi connectivity index (χ1) is 20.6. The monoisotopic (exact) mass is 598 g/mol. The molecule has 0 spiro atoms. The number of nitrogens with zero attached hydrogens (tertiary/aromatic N) is 2. The van der Waals surface area contributed by atoms with E-state index in [1.165, 1.54) is 10.4 Å². The summed E-state index contributed by atoms with van der Waals surface area (Å²) < 4.78 is 12.9. The number of anilines is 2. The smallest absolute Gasteiger partial charge is 0.261 e. The predicted molar refractivity (Wildman–Crippen MR) is 179 cm³/mol. The molecule has 0 aliphatic heterocycles. The molecule has 8 heteroatoms. The summed E-state index contributed by atoms with van der Waals surface area (Å²) in [5, 5.41) is 15.9. The van der Waals surface area contributed by atoms with Crippen LogP contribution in [0.5, 0.6) is 5.75 Å². The van der Waals surface area contributed by atoms with Crippen LogP contribution in [0, 0.1) is 6.92 Å². The SMILES string of the molecule is CCCC(CO[Si](c1ccccc1)(c1ccccc1)C(C)(C)C)Nc1nc(N)nc(C)c1Cc1cc(CO)ccc1OC. The van der Waals surface area contributed by atoms with Gasteiger partial charge in [-0.05, 0) is 52.0 Å². The fourth-order valence-corrected chi connectivity index (χ4v) is 10.5. The largest absolute Gasteiger partial charge is 0.496 e. The zero-order valence-electron chi connectivity index (χ0n) is 26.4. The van der Waals surface area contributed by atoms with Gasteiger partial charge in [0.25, 0.3) is 8.32 Å². The van der Waals surface area contributed by atoms with Crippen molar-refractivity contribution in [3.63, 3.8) is 0 Å². The molecule has 0 saturated carbocycles. The predicted octanol–water partition coefficient (Wildman–Crippen LogP) is 5.62. The summed E-state index contributed by atoms with van der Waals surface area (Å²) in [6.45, 7) is 11.5. The van der Waals surface area contributed by atoms with E-state index in [2.05, 4.69) is 104 Å². The van der Waals surface area contributed by atoms with E-state index < -0.39 is 8.32 Å². The normalized spacial score (nSPS) is 12.6. The molecule has 1 heterocycles. The summed E-state index contributed by atoms with van der Waals surface area (Å²) in [7, 11) is -1.06. The van der Waals surface area contributed by atoms with Gasteiger partial charge in [-0.25, -0.2) is 4.98 Å². The van der Waals surface area contributed by atoms with Gasteiger partial charge in [0.1, 0.15) is 11.6 Å². The second kappa shape index (κ2) is 14.2. The summed E-state index contributed by atoms with van der Waals surface area (Å²) >= 11 is 0. The topological polar surface area (TPSA) is 103 Å². The van der Waals surface area contributed by atoms with E-state index >= 15 is 0 Å². The van der Waals surface area contributed by atoms with Crippen molar-refractivity contribution in [1.82, 2.24) is 9.97 Å². The maximum atomic E-state index is 9.76. The number of aryl methyl sites for hydroxylation is 1. The van der Waals surface area contributed by atoms with Crippen LogP contribution >= 0.6 is 0 Å². The van der Waals surface area contributed by atoms with E-state index in [1.54, 1.807) is 7.11 Å². The molecule has 0 amide bonds. The maximum absolute atomic E-state index is 9.76. The highest BCUT2D eigenvalue weighted by atomic mass is 28.4. The molecular formula is C35H46N4O3Si. The highest BCUT2D eigenvalue weighted by Gasteiger charge is 2.50. The van der Waals surface area contributed by atoms with Gasteiger partial charge in [-0.1, -0.05) is 101 Å². The quantitative estimate of drug-likeness (QED) is 0.172. The van der Waals surface area contributed by atoms with E-state index in [4.69, 9.17) is 14.9 Å². The van der Waals surface area contributed by atoms with Gasteiger partial charge in [0.2, 0.25) is 5.95 Å². The zero-order chi connectivity index (χ0) is 31.0. The fourth-order valence-electron chi connectivity index (χ4n) is 5.93. The third-order valence-corrected chi connectivity index (χ3v) is 13.0. The third kappa shape index (κ3) is 7.26. The number of hydrogen-bond donors (Lipinski definition) is 3. The van der Waals surface area contributed by atoms with Crippen molar-refractivity contribution < 1.29 is 14.3 Å². The van der Waals surface area contributed by atoms with E-state index in [0.29, 0.717) is 18.8 Å². The number of rotatable bonds is 13. The Kier molecular flexibility index (Phi) is 10.6. The lowest BCUT2D eigenvalue weighted by atomic mass is 10.0. The number of ether oxygens (including phenoxy) is 1. The molecule has 0 bridgehead atoms. The summed E-state index contributed by atoms with van der Waals surface area (Å²) in [4.78, 5) is 9.17. The molecule has 43 heavy (non-hydrogen) atoms. The molecule has 0 aliphatic carbocycles. The van der Waals surface area contributed by atoms with Crippen molar-refractivity contribution in [2.45, 2.75) is 71.6 Å². The second-order valence-electron chi connectivity index (χ2n) is 12.1. The Hall–Kier alpha value is -3.72. The first kappa shape index (κ1) is 32.2. The van der Waals surface area contributed by atoms with E-state index in [1.807, 2.05) is 25.1 Å². The molecule has 1 atom stereocenters. The molecule has 4 rings (SSSR count). The lowest BCUT2D eigenvalue weighted by Gasteiger charge is -2.43. The van der Waals surface area contributed by atoms with Crippen LogP contribution in [0.4, 0.5) is 11.8 Å². The number of nitrogen functional groups attached to an aromatic ring is 1. The van der Waals surface area contributed by atoms with Crippen LogP contribution in [0.2, 0.25) is 5.04 Å². The van der Waals surface area contributed by atoms with Gasteiger partial charge >= 0.3 is 0 Å². The van der Waals surface area contributed by atoms with Crippen LogP contribution in [-0.4, -0.2) is 43.2 Å². The summed E-state index contributed by atoms with van der Waals surface area (Å²) in [6.07, 6.45) is 2.40. The number of benzene rings is 3. The molecule has 1 aromatic heterocycles. The Balaban J connectivity index is 1.72. The Labute approximate surface area is 257 Å². The number of aromatic nitrogens is 2. The molecule has 0 fully saturated rings. The lowest BCUT2D eigenvalue weighted by Crippen LogP contribution is -2.67. The van der Waals surface area contributed by atoms with E-state index in [9.17, 15) is 5.11 Å².